The Bertz CT molecular complexity index is 189. The Morgan fingerprint density at radius 2 is 2.06 bits per heavy atom. The van der Waals surface area contributed by atoms with Crippen LogP contribution >= 0.6 is 0 Å². The average molecular weight is 226 g/mol. The molecule has 1 N–H and O–H groups in total. The Balaban J connectivity index is 2.26. The minimum absolute atomic E-state index is 0.414. The lowest BCUT2D eigenvalue weighted by Gasteiger charge is -2.30. The molecule has 0 aliphatic carbocycles. The van der Waals surface area contributed by atoms with Gasteiger partial charge in [-0.25, -0.2) is 0 Å². The third-order valence-corrected chi connectivity index (χ3v) is 3.57. The summed E-state index contributed by atoms with van der Waals surface area (Å²) >= 11 is 0. The van der Waals surface area contributed by atoms with Crippen LogP contribution in [0.3, 0.4) is 0 Å². The molecule has 0 spiro atoms. The smallest absolute Gasteiger partial charge is 0.00449 e. The van der Waals surface area contributed by atoms with Gasteiger partial charge in [0, 0.05) is 19.6 Å². The highest BCUT2D eigenvalue weighted by atomic mass is 15.2. The molecule has 96 valence electrons. The van der Waals surface area contributed by atoms with E-state index in [4.69, 9.17) is 0 Å². The highest BCUT2D eigenvalue weighted by molar-refractivity contribution is 4.82. The van der Waals surface area contributed by atoms with E-state index < -0.39 is 0 Å². The molecular formula is C14H30N2. The van der Waals surface area contributed by atoms with Crippen LogP contribution in [0.4, 0.5) is 0 Å². The summed E-state index contributed by atoms with van der Waals surface area (Å²) in [5, 5.41) is 3.47. The molecule has 16 heavy (non-hydrogen) atoms. The molecule has 2 heteroatoms. The molecule has 0 amide bonds. The third kappa shape index (κ3) is 4.84. The molecule has 1 aliphatic heterocycles. The van der Waals surface area contributed by atoms with E-state index in [0.29, 0.717) is 5.41 Å². The normalized spacial score (nSPS) is 22.9. The first kappa shape index (κ1) is 14.0. The first-order chi connectivity index (χ1) is 7.57. The second-order valence-corrected chi connectivity index (χ2v) is 6.12. The van der Waals surface area contributed by atoms with Gasteiger partial charge in [0.15, 0.2) is 0 Å². The molecule has 0 bridgehead atoms. The molecule has 1 unspecified atom stereocenters. The molecule has 0 aromatic heterocycles. The maximum atomic E-state index is 3.47. The number of nitrogens with zero attached hydrogens (tertiary/aromatic N) is 1. The minimum Gasteiger partial charge on any atom is -0.316 e. The molecule has 0 aromatic rings. The minimum atomic E-state index is 0.414. The van der Waals surface area contributed by atoms with Crippen molar-refractivity contribution in [2.75, 3.05) is 32.7 Å². The fourth-order valence-corrected chi connectivity index (χ4v) is 2.82. The van der Waals surface area contributed by atoms with Gasteiger partial charge in [0.05, 0.1) is 0 Å². The lowest BCUT2D eigenvalue weighted by atomic mass is 9.92. The molecule has 0 saturated carbocycles. The highest BCUT2D eigenvalue weighted by Gasteiger charge is 2.27. The maximum Gasteiger partial charge on any atom is 0.00449 e. The Kier molecular flexibility index (Phi) is 5.77. The van der Waals surface area contributed by atoms with E-state index in [1.54, 1.807) is 0 Å². The zero-order valence-corrected chi connectivity index (χ0v) is 11.7. The monoisotopic (exact) mass is 226 g/mol. The number of hydrogen-bond donors (Lipinski definition) is 1. The van der Waals surface area contributed by atoms with Gasteiger partial charge in [-0.3, -0.25) is 0 Å². The van der Waals surface area contributed by atoms with Crippen molar-refractivity contribution in [2.24, 2.45) is 11.3 Å². The Hall–Kier alpha value is -0.0800. The van der Waals surface area contributed by atoms with Gasteiger partial charge < -0.3 is 10.2 Å². The average Bonchev–Trinajstić information content (AvgIpc) is 2.62. The Labute approximate surface area is 102 Å². The van der Waals surface area contributed by atoms with Crippen molar-refractivity contribution in [3.63, 3.8) is 0 Å². The summed E-state index contributed by atoms with van der Waals surface area (Å²) in [5.41, 5.74) is 0.414. The van der Waals surface area contributed by atoms with Crippen LogP contribution in [0.1, 0.15) is 47.0 Å². The molecule has 1 rings (SSSR count). The summed E-state index contributed by atoms with van der Waals surface area (Å²) in [6.07, 6.45) is 4.19. The van der Waals surface area contributed by atoms with Gasteiger partial charge >= 0.3 is 0 Å². The van der Waals surface area contributed by atoms with Gasteiger partial charge in [0.1, 0.15) is 0 Å². The van der Waals surface area contributed by atoms with Crippen molar-refractivity contribution in [1.29, 1.82) is 0 Å². The standard InChI is InChI=1S/C14H30N2/c1-5-7-13-8-9-16(10-13)12-14(3,4)11-15-6-2/h13,15H,5-12H2,1-4H3. The van der Waals surface area contributed by atoms with Crippen molar-refractivity contribution in [3.8, 4) is 0 Å². The van der Waals surface area contributed by atoms with Crippen LogP contribution in [0.2, 0.25) is 0 Å². The van der Waals surface area contributed by atoms with Gasteiger partial charge in [-0.2, -0.15) is 0 Å². The van der Waals surface area contributed by atoms with Gasteiger partial charge in [-0.05, 0) is 37.3 Å². The summed E-state index contributed by atoms with van der Waals surface area (Å²) < 4.78 is 0. The zero-order chi connectivity index (χ0) is 12.0. The van der Waals surface area contributed by atoms with Crippen molar-refractivity contribution in [1.82, 2.24) is 10.2 Å². The second-order valence-electron chi connectivity index (χ2n) is 6.12. The fraction of sp³-hybridized carbons (Fsp3) is 1.00. The van der Waals surface area contributed by atoms with Crippen LogP contribution in [0.5, 0.6) is 0 Å². The quantitative estimate of drug-likeness (QED) is 0.718. The first-order valence-electron chi connectivity index (χ1n) is 7.00. The van der Waals surface area contributed by atoms with Crippen LogP contribution < -0.4 is 5.32 Å². The third-order valence-electron chi connectivity index (χ3n) is 3.57. The highest BCUT2D eigenvalue weighted by Crippen LogP contribution is 2.24. The Morgan fingerprint density at radius 3 is 2.69 bits per heavy atom. The molecule has 2 nitrogen and oxygen atoms in total. The van der Waals surface area contributed by atoms with E-state index in [1.807, 2.05) is 0 Å². The summed E-state index contributed by atoms with van der Waals surface area (Å²) in [6.45, 7) is 15.4. The molecule has 1 saturated heterocycles. The number of rotatable bonds is 7. The van der Waals surface area contributed by atoms with E-state index >= 15 is 0 Å². The molecule has 1 fully saturated rings. The van der Waals surface area contributed by atoms with E-state index in [9.17, 15) is 0 Å². The van der Waals surface area contributed by atoms with Crippen molar-refractivity contribution in [2.45, 2.75) is 47.0 Å². The van der Waals surface area contributed by atoms with E-state index in [2.05, 4.69) is 37.9 Å². The molecule has 1 atom stereocenters. The van der Waals surface area contributed by atoms with E-state index in [0.717, 1.165) is 19.0 Å². The van der Waals surface area contributed by atoms with Crippen molar-refractivity contribution >= 4 is 0 Å². The summed E-state index contributed by atoms with van der Waals surface area (Å²) in [7, 11) is 0. The van der Waals surface area contributed by atoms with Crippen LogP contribution in [-0.2, 0) is 0 Å². The number of nitrogens with one attached hydrogen (secondary N) is 1. The largest absolute Gasteiger partial charge is 0.316 e. The van der Waals surface area contributed by atoms with E-state index in [-0.39, 0.29) is 0 Å². The molecule has 0 radical (unpaired) electrons. The summed E-state index contributed by atoms with van der Waals surface area (Å²) in [5.74, 6) is 0.972. The lowest BCUT2D eigenvalue weighted by Crippen LogP contribution is -2.39. The van der Waals surface area contributed by atoms with Crippen LogP contribution in [0.15, 0.2) is 0 Å². The van der Waals surface area contributed by atoms with Gasteiger partial charge in [-0.1, -0.05) is 34.1 Å². The summed E-state index contributed by atoms with van der Waals surface area (Å²) in [4.78, 5) is 2.66. The maximum absolute atomic E-state index is 3.47. The van der Waals surface area contributed by atoms with Crippen molar-refractivity contribution in [3.05, 3.63) is 0 Å². The van der Waals surface area contributed by atoms with Crippen molar-refractivity contribution < 1.29 is 0 Å². The van der Waals surface area contributed by atoms with Crippen LogP contribution in [0.25, 0.3) is 0 Å². The molecule has 1 heterocycles. The topological polar surface area (TPSA) is 15.3 Å². The SMILES string of the molecule is CCCC1CCN(CC(C)(C)CNCC)C1. The van der Waals surface area contributed by atoms with Gasteiger partial charge in [0.2, 0.25) is 0 Å². The number of likely N-dealkylation sites (tertiary alicyclic amines) is 1. The van der Waals surface area contributed by atoms with Gasteiger partial charge in [-0.15, -0.1) is 0 Å². The Morgan fingerprint density at radius 1 is 1.31 bits per heavy atom. The van der Waals surface area contributed by atoms with Crippen LogP contribution in [-0.4, -0.2) is 37.6 Å². The second kappa shape index (κ2) is 6.61. The predicted molar refractivity (Wildman–Crippen MR) is 71.8 cm³/mol. The summed E-state index contributed by atoms with van der Waals surface area (Å²) in [6, 6.07) is 0. The first-order valence-corrected chi connectivity index (χ1v) is 7.00. The van der Waals surface area contributed by atoms with Crippen LogP contribution in [0, 0.1) is 11.3 Å². The zero-order valence-electron chi connectivity index (χ0n) is 11.7. The number of hydrogen-bond acceptors (Lipinski definition) is 2. The van der Waals surface area contributed by atoms with Gasteiger partial charge in [0.25, 0.3) is 0 Å². The fourth-order valence-electron chi connectivity index (χ4n) is 2.82. The molecule has 0 aromatic carbocycles. The molecular weight excluding hydrogens is 196 g/mol. The predicted octanol–water partition coefficient (Wildman–Crippen LogP) is 2.74. The lowest BCUT2D eigenvalue weighted by molar-refractivity contribution is 0.199. The van der Waals surface area contributed by atoms with E-state index in [1.165, 1.54) is 38.9 Å². The molecule has 1 aliphatic rings.